The van der Waals surface area contributed by atoms with Gasteiger partial charge in [0.2, 0.25) is 5.91 Å². The molecule has 2 N–H and O–H groups in total. The minimum absolute atomic E-state index is 0.149. The van der Waals surface area contributed by atoms with Gasteiger partial charge in [0.25, 0.3) is 5.91 Å². The molecule has 2 heterocycles. The quantitative estimate of drug-likeness (QED) is 0.710. The fourth-order valence-electron chi connectivity index (χ4n) is 4.13. The minimum Gasteiger partial charge on any atom is -0.371 e. The molecule has 0 aromatic heterocycles. The Balaban J connectivity index is 1.47. The van der Waals surface area contributed by atoms with Crippen LogP contribution < -0.4 is 5.73 Å². The molecule has 0 aliphatic carbocycles. The molecule has 1 fully saturated rings. The lowest BCUT2D eigenvalue weighted by atomic mass is 10.0. The summed E-state index contributed by atoms with van der Waals surface area (Å²) in [6.07, 6.45) is -4.97. The maximum atomic E-state index is 13.7. The summed E-state index contributed by atoms with van der Waals surface area (Å²) in [6.45, 7) is 1.50. The van der Waals surface area contributed by atoms with Crippen LogP contribution in [0.25, 0.3) is 0 Å². The third-order valence-corrected chi connectivity index (χ3v) is 5.57. The fraction of sp³-hybridized carbons (Fsp3) is 0.364. The number of amides is 2. The minimum atomic E-state index is -4.62. The van der Waals surface area contributed by atoms with E-state index in [0.717, 1.165) is 23.3 Å². The van der Waals surface area contributed by atoms with Crippen molar-refractivity contribution in [3.8, 4) is 0 Å². The second kappa shape index (κ2) is 8.51. The number of rotatable bonds is 5. The SMILES string of the molecule is NC(=O)CN1Cc2cc([C@@H]3CN(Cc4cc(F)cc(C(F)(F)F)c4)CCO3)ccc2C1=O. The Labute approximate surface area is 181 Å². The van der Waals surface area contributed by atoms with Crippen molar-refractivity contribution < 1.29 is 31.9 Å². The van der Waals surface area contributed by atoms with Gasteiger partial charge in [-0.2, -0.15) is 13.2 Å². The van der Waals surface area contributed by atoms with Crippen LogP contribution >= 0.6 is 0 Å². The number of alkyl halides is 3. The van der Waals surface area contributed by atoms with Crippen molar-refractivity contribution in [2.75, 3.05) is 26.2 Å². The topological polar surface area (TPSA) is 75.9 Å². The molecule has 170 valence electrons. The van der Waals surface area contributed by atoms with Crippen LogP contribution in [0.5, 0.6) is 0 Å². The zero-order valence-electron chi connectivity index (χ0n) is 17.0. The van der Waals surface area contributed by atoms with Crippen LogP contribution in [0.4, 0.5) is 17.6 Å². The number of halogens is 4. The molecule has 2 aliphatic heterocycles. The molecular weight excluding hydrogens is 430 g/mol. The smallest absolute Gasteiger partial charge is 0.371 e. The van der Waals surface area contributed by atoms with Crippen molar-refractivity contribution in [3.63, 3.8) is 0 Å². The zero-order chi connectivity index (χ0) is 23.0. The summed E-state index contributed by atoms with van der Waals surface area (Å²) in [7, 11) is 0. The summed E-state index contributed by atoms with van der Waals surface area (Å²) in [4.78, 5) is 26.8. The van der Waals surface area contributed by atoms with Gasteiger partial charge in [-0.1, -0.05) is 12.1 Å². The first-order valence-electron chi connectivity index (χ1n) is 10.0. The number of morpholine rings is 1. The highest BCUT2D eigenvalue weighted by Gasteiger charge is 2.32. The molecule has 0 spiro atoms. The van der Waals surface area contributed by atoms with Gasteiger partial charge in [-0.3, -0.25) is 14.5 Å². The van der Waals surface area contributed by atoms with E-state index in [1.807, 2.05) is 11.0 Å². The van der Waals surface area contributed by atoms with Crippen LogP contribution in [0.15, 0.2) is 36.4 Å². The number of nitrogens with two attached hydrogens (primary N) is 1. The number of hydrogen-bond donors (Lipinski definition) is 1. The zero-order valence-corrected chi connectivity index (χ0v) is 17.0. The molecular formula is C22H21F4N3O3. The lowest BCUT2D eigenvalue weighted by molar-refractivity contribution is -0.137. The molecule has 0 saturated carbocycles. The average molecular weight is 451 g/mol. The molecule has 2 amide bonds. The number of primary amides is 1. The summed E-state index contributed by atoms with van der Waals surface area (Å²) in [5, 5.41) is 0. The first-order chi connectivity index (χ1) is 15.1. The second-order valence-corrected chi connectivity index (χ2v) is 7.98. The molecule has 2 aromatic rings. The largest absolute Gasteiger partial charge is 0.416 e. The third kappa shape index (κ3) is 4.76. The van der Waals surface area contributed by atoms with Gasteiger partial charge in [0, 0.05) is 31.7 Å². The van der Waals surface area contributed by atoms with Gasteiger partial charge in [-0.25, -0.2) is 4.39 Å². The molecule has 4 rings (SSSR count). The molecule has 2 aliphatic rings. The fourth-order valence-corrected chi connectivity index (χ4v) is 4.13. The summed E-state index contributed by atoms with van der Waals surface area (Å²) >= 11 is 0. The molecule has 1 saturated heterocycles. The van der Waals surface area contributed by atoms with E-state index in [2.05, 4.69) is 0 Å². The summed E-state index contributed by atoms with van der Waals surface area (Å²) < 4.78 is 58.5. The van der Waals surface area contributed by atoms with Crippen molar-refractivity contribution in [1.82, 2.24) is 9.80 Å². The van der Waals surface area contributed by atoms with Crippen LogP contribution in [0.3, 0.4) is 0 Å². The maximum absolute atomic E-state index is 13.7. The molecule has 32 heavy (non-hydrogen) atoms. The van der Waals surface area contributed by atoms with Crippen molar-refractivity contribution in [1.29, 1.82) is 0 Å². The van der Waals surface area contributed by atoms with Gasteiger partial charge < -0.3 is 15.4 Å². The van der Waals surface area contributed by atoms with E-state index in [0.29, 0.717) is 31.3 Å². The van der Waals surface area contributed by atoms with Crippen molar-refractivity contribution in [2.24, 2.45) is 5.73 Å². The first kappa shape index (κ1) is 22.2. The van der Waals surface area contributed by atoms with Gasteiger partial charge in [-0.05, 0) is 41.0 Å². The standard InChI is InChI=1S/C22H21F4N3O3/c23-17-6-13(5-16(8-17)22(24,25)26)9-28-3-4-32-19(11-28)14-1-2-18-15(7-14)10-29(21(18)31)12-20(27)30/h1-2,5-8,19H,3-4,9-12H2,(H2,27,30)/t19-/m0/s1. The molecule has 0 unspecified atom stereocenters. The van der Waals surface area contributed by atoms with E-state index in [4.69, 9.17) is 10.5 Å². The van der Waals surface area contributed by atoms with Gasteiger partial charge in [0.15, 0.2) is 0 Å². The van der Waals surface area contributed by atoms with Gasteiger partial charge in [0.1, 0.15) is 5.82 Å². The predicted octanol–water partition coefficient (Wildman–Crippen LogP) is 2.86. The Kier molecular flexibility index (Phi) is 5.91. The number of nitrogens with zero attached hydrogens (tertiary/aromatic N) is 2. The van der Waals surface area contributed by atoms with Crippen LogP contribution in [-0.4, -0.2) is 47.9 Å². The molecule has 6 nitrogen and oxygen atoms in total. The number of carbonyl (C=O) groups excluding carboxylic acids is 2. The number of hydrogen-bond acceptors (Lipinski definition) is 4. The summed E-state index contributed by atoms with van der Waals surface area (Å²) in [6, 6.07) is 7.84. The average Bonchev–Trinajstić information content (AvgIpc) is 3.01. The van der Waals surface area contributed by atoms with Gasteiger partial charge in [0.05, 0.1) is 24.8 Å². The van der Waals surface area contributed by atoms with E-state index >= 15 is 0 Å². The number of fused-ring (bicyclic) bond motifs is 1. The van der Waals surface area contributed by atoms with Crippen LogP contribution in [-0.2, 0) is 28.8 Å². The highest BCUT2D eigenvalue weighted by atomic mass is 19.4. The van der Waals surface area contributed by atoms with Crippen molar-refractivity contribution >= 4 is 11.8 Å². The Hall–Kier alpha value is -2.98. The third-order valence-electron chi connectivity index (χ3n) is 5.57. The number of benzene rings is 2. The first-order valence-corrected chi connectivity index (χ1v) is 10.0. The highest BCUT2D eigenvalue weighted by Crippen LogP contribution is 2.32. The second-order valence-electron chi connectivity index (χ2n) is 7.98. The Bertz CT molecular complexity index is 1060. The summed E-state index contributed by atoms with van der Waals surface area (Å²) in [5.74, 6) is -1.78. The van der Waals surface area contributed by atoms with Crippen LogP contribution in [0, 0.1) is 5.82 Å². The van der Waals surface area contributed by atoms with E-state index in [1.54, 1.807) is 12.1 Å². The molecule has 2 aromatic carbocycles. The van der Waals surface area contributed by atoms with Crippen LogP contribution in [0.1, 0.15) is 38.7 Å². The monoisotopic (exact) mass is 451 g/mol. The lowest BCUT2D eigenvalue weighted by Gasteiger charge is -2.33. The summed E-state index contributed by atoms with van der Waals surface area (Å²) in [5.41, 5.74) is 6.49. The van der Waals surface area contributed by atoms with E-state index < -0.39 is 23.5 Å². The maximum Gasteiger partial charge on any atom is 0.416 e. The number of ether oxygens (including phenoxy) is 1. The predicted molar refractivity (Wildman–Crippen MR) is 106 cm³/mol. The molecule has 0 radical (unpaired) electrons. The van der Waals surface area contributed by atoms with E-state index in [-0.39, 0.29) is 37.2 Å². The van der Waals surface area contributed by atoms with E-state index in [1.165, 1.54) is 4.90 Å². The molecule has 0 bridgehead atoms. The lowest BCUT2D eigenvalue weighted by Crippen LogP contribution is -2.37. The molecule has 10 heteroatoms. The van der Waals surface area contributed by atoms with Crippen molar-refractivity contribution in [2.45, 2.75) is 25.4 Å². The Morgan fingerprint density at radius 3 is 2.69 bits per heavy atom. The van der Waals surface area contributed by atoms with Gasteiger partial charge >= 0.3 is 6.18 Å². The molecule has 1 atom stereocenters. The Morgan fingerprint density at radius 1 is 1.19 bits per heavy atom. The van der Waals surface area contributed by atoms with Crippen LogP contribution in [0.2, 0.25) is 0 Å². The van der Waals surface area contributed by atoms with Gasteiger partial charge in [-0.15, -0.1) is 0 Å². The van der Waals surface area contributed by atoms with Crippen molar-refractivity contribution in [3.05, 3.63) is 70.0 Å². The number of carbonyl (C=O) groups is 2. The normalized spacial score (nSPS) is 19.3. The Morgan fingerprint density at radius 2 is 1.97 bits per heavy atom. The van der Waals surface area contributed by atoms with E-state index in [9.17, 15) is 27.2 Å². The highest BCUT2D eigenvalue weighted by molar-refractivity contribution is 6.00.